The largest absolute Gasteiger partial charge is 0.334 e. The fourth-order valence-electron chi connectivity index (χ4n) is 2.64. The fraction of sp³-hybridized carbons (Fsp3) is 0.158. The zero-order valence-corrected chi connectivity index (χ0v) is 13.3. The number of nitrogens with two attached hydrogens (primary N) is 1. The average Bonchev–Trinajstić information content (AvgIpc) is 2.54. The highest BCUT2D eigenvalue weighted by atomic mass is 19.1. The number of fused-ring (bicyclic) bond motifs is 1. The van der Waals surface area contributed by atoms with E-state index in [0.29, 0.717) is 17.4 Å². The Morgan fingerprint density at radius 1 is 1.21 bits per heavy atom. The van der Waals surface area contributed by atoms with Gasteiger partial charge in [0.25, 0.3) is 5.91 Å². The number of nitrogens with zero attached hydrogens (tertiary/aromatic N) is 1. The number of hydrogen-bond donors (Lipinski definition) is 2. The third-order valence-corrected chi connectivity index (χ3v) is 3.74. The summed E-state index contributed by atoms with van der Waals surface area (Å²) in [7, 11) is 0. The van der Waals surface area contributed by atoms with Crippen molar-refractivity contribution in [1.29, 1.82) is 0 Å². The first-order chi connectivity index (χ1) is 11.4. The van der Waals surface area contributed by atoms with Crippen molar-refractivity contribution in [1.82, 2.24) is 10.3 Å². The SMILES string of the molecule is CC(N)(Cc1ccccc1)NC(=O)c1cnc2c(F)cccc2c1. The lowest BCUT2D eigenvalue weighted by atomic mass is 10.0. The molecule has 0 aliphatic carbocycles. The molecule has 24 heavy (non-hydrogen) atoms. The van der Waals surface area contributed by atoms with E-state index in [0.717, 1.165) is 5.56 Å². The van der Waals surface area contributed by atoms with Crippen LogP contribution in [0.3, 0.4) is 0 Å². The standard InChI is InChI=1S/C19H18FN3O/c1-19(21,11-13-6-3-2-4-7-13)23-18(24)15-10-14-8-5-9-16(20)17(14)22-12-15/h2-10,12H,11,21H2,1H3,(H,23,24). The lowest BCUT2D eigenvalue weighted by Gasteiger charge is -2.26. The van der Waals surface area contributed by atoms with Crippen LogP contribution in [0.1, 0.15) is 22.8 Å². The molecule has 0 radical (unpaired) electrons. The van der Waals surface area contributed by atoms with Crippen molar-refractivity contribution in [3.63, 3.8) is 0 Å². The number of aromatic nitrogens is 1. The van der Waals surface area contributed by atoms with Crippen LogP contribution in [0.2, 0.25) is 0 Å². The Kier molecular flexibility index (Phi) is 4.27. The van der Waals surface area contributed by atoms with Crippen LogP contribution in [0.5, 0.6) is 0 Å². The van der Waals surface area contributed by atoms with Crippen LogP contribution in [0, 0.1) is 5.82 Å². The summed E-state index contributed by atoms with van der Waals surface area (Å²) in [5.41, 5.74) is 6.92. The molecule has 1 unspecified atom stereocenters. The summed E-state index contributed by atoms with van der Waals surface area (Å²) >= 11 is 0. The van der Waals surface area contributed by atoms with Crippen LogP contribution in [-0.4, -0.2) is 16.6 Å². The van der Waals surface area contributed by atoms with E-state index in [2.05, 4.69) is 10.3 Å². The van der Waals surface area contributed by atoms with E-state index in [1.165, 1.54) is 12.3 Å². The van der Waals surface area contributed by atoms with Gasteiger partial charge < -0.3 is 11.1 Å². The highest BCUT2D eigenvalue weighted by molar-refractivity contribution is 5.97. The van der Waals surface area contributed by atoms with E-state index in [1.807, 2.05) is 30.3 Å². The summed E-state index contributed by atoms with van der Waals surface area (Å²) in [4.78, 5) is 16.5. The predicted molar refractivity (Wildman–Crippen MR) is 91.9 cm³/mol. The second kappa shape index (κ2) is 6.37. The molecule has 1 aromatic heterocycles. The van der Waals surface area contributed by atoms with Crippen molar-refractivity contribution in [2.75, 3.05) is 0 Å². The molecule has 4 nitrogen and oxygen atoms in total. The first-order valence-electron chi connectivity index (χ1n) is 7.64. The molecule has 1 heterocycles. The minimum atomic E-state index is -0.907. The number of para-hydroxylation sites is 1. The van der Waals surface area contributed by atoms with Crippen LogP contribution in [0.25, 0.3) is 10.9 Å². The van der Waals surface area contributed by atoms with Gasteiger partial charge in [-0.25, -0.2) is 4.39 Å². The Balaban J connectivity index is 1.79. The highest BCUT2D eigenvalue weighted by Crippen LogP contribution is 2.17. The first kappa shape index (κ1) is 16.1. The van der Waals surface area contributed by atoms with Crippen molar-refractivity contribution in [3.05, 3.63) is 77.7 Å². The minimum absolute atomic E-state index is 0.244. The quantitative estimate of drug-likeness (QED) is 0.725. The summed E-state index contributed by atoms with van der Waals surface area (Å²) in [5, 5.41) is 3.38. The molecule has 1 amide bonds. The van der Waals surface area contributed by atoms with Crippen LogP contribution >= 0.6 is 0 Å². The highest BCUT2D eigenvalue weighted by Gasteiger charge is 2.22. The number of nitrogens with one attached hydrogen (secondary N) is 1. The number of halogens is 1. The molecular weight excluding hydrogens is 305 g/mol. The Morgan fingerprint density at radius 3 is 2.71 bits per heavy atom. The maximum Gasteiger partial charge on any atom is 0.254 e. The van der Waals surface area contributed by atoms with Crippen LogP contribution < -0.4 is 11.1 Å². The lowest BCUT2D eigenvalue weighted by Crippen LogP contribution is -2.55. The van der Waals surface area contributed by atoms with Gasteiger partial charge in [-0.1, -0.05) is 42.5 Å². The molecule has 3 rings (SSSR count). The van der Waals surface area contributed by atoms with Crippen LogP contribution in [0.4, 0.5) is 4.39 Å². The molecule has 5 heteroatoms. The minimum Gasteiger partial charge on any atom is -0.334 e. The maximum atomic E-state index is 13.6. The molecule has 0 saturated carbocycles. The second-order valence-corrected chi connectivity index (χ2v) is 6.07. The molecule has 0 fully saturated rings. The molecular formula is C19H18FN3O. The number of amides is 1. The van der Waals surface area contributed by atoms with E-state index in [-0.39, 0.29) is 11.4 Å². The molecule has 3 N–H and O–H groups in total. The van der Waals surface area contributed by atoms with Gasteiger partial charge in [0.1, 0.15) is 11.3 Å². The molecule has 3 aromatic rings. The van der Waals surface area contributed by atoms with Crippen molar-refractivity contribution in [2.45, 2.75) is 19.0 Å². The van der Waals surface area contributed by atoms with E-state index >= 15 is 0 Å². The van der Waals surface area contributed by atoms with Gasteiger partial charge in [-0.15, -0.1) is 0 Å². The van der Waals surface area contributed by atoms with Gasteiger partial charge in [-0.05, 0) is 24.6 Å². The van der Waals surface area contributed by atoms with Crippen LogP contribution in [-0.2, 0) is 6.42 Å². The smallest absolute Gasteiger partial charge is 0.254 e. The van der Waals surface area contributed by atoms with E-state index < -0.39 is 11.5 Å². The van der Waals surface area contributed by atoms with Gasteiger partial charge in [0, 0.05) is 18.0 Å². The molecule has 0 saturated heterocycles. The zero-order chi connectivity index (χ0) is 17.2. The topological polar surface area (TPSA) is 68.0 Å². The van der Waals surface area contributed by atoms with Crippen molar-refractivity contribution in [2.24, 2.45) is 5.73 Å². The van der Waals surface area contributed by atoms with Crippen molar-refractivity contribution < 1.29 is 9.18 Å². The zero-order valence-electron chi connectivity index (χ0n) is 13.3. The molecule has 0 aliphatic rings. The molecule has 0 bridgehead atoms. The van der Waals surface area contributed by atoms with E-state index in [9.17, 15) is 9.18 Å². The third kappa shape index (κ3) is 3.58. The second-order valence-electron chi connectivity index (χ2n) is 6.07. The Labute approximate surface area is 139 Å². The Hall–Kier alpha value is -2.79. The summed E-state index contributed by atoms with van der Waals surface area (Å²) < 4.78 is 13.6. The lowest BCUT2D eigenvalue weighted by molar-refractivity contribution is 0.0908. The van der Waals surface area contributed by atoms with Gasteiger partial charge in [0.2, 0.25) is 0 Å². The molecule has 0 spiro atoms. The van der Waals surface area contributed by atoms with Crippen molar-refractivity contribution in [3.8, 4) is 0 Å². The Bertz CT molecular complexity index is 878. The number of rotatable bonds is 4. The number of benzene rings is 2. The van der Waals surface area contributed by atoms with Gasteiger partial charge >= 0.3 is 0 Å². The number of carbonyl (C=O) groups is 1. The predicted octanol–water partition coefficient (Wildman–Crippen LogP) is 3.02. The molecule has 0 aliphatic heterocycles. The summed E-state index contributed by atoms with van der Waals surface area (Å²) in [6.07, 6.45) is 1.86. The number of pyridine rings is 1. The third-order valence-electron chi connectivity index (χ3n) is 3.74. The van der Waals surface area contributed by atoms with E-state index in [4.69, 9.17) is 5.73 Å². The van der Waals surface area contributed by atoms with Crippen LogP contribution in [0.15, 0.2) is 60.8 Å². The maximum absolute atomic E-state index is 13.6. The van der Waals surface area contributed by atoms with Crippen molar-refractivity contribution >= 4 is 16.8 Å². The normalized spacial score (nSPS) is 13.5. The molecule has 2 aromatic carbocycles. The Morgan fingerprint density at radius 2 is 1.96 bits per heavy atom. The fourth-order valence-corrected chi connectivity index (χ4v) is 2.64. The number of carbonyl (C=O) groups excluding carboxylic acids is 1. The summed E-state index contributed by atoms with van der Waals surface area (Å²) in [6.45, 7) is 1.76. The van der Waals surface area contributed by atoms with Gasteiger partial charge in [0.15, 0.2) is 0 Å². The molecule has 122 valence electrons. The molecule has 1 atom stereocenters. The van der Waals surface area contributed by atoms with Gasteiger partial charge in [-0.2, -0.15) is 0 Å². The monoisotopic (exact) mass is 323 g/mol. The van der Waals surface area contributed by atoms with E-state index in [1.54, 1.807) is 25.1 Å². The average molecular weight is 323 g/mol. The van der Waals surface area contributed by atoms with Gasteiger partial charge in [0.05, 0.1) is 11.2 Å². The first-order valence-corrected chi connectivity index (χ1v) is 7.64. The summed E-state index contributed by atoms with van der Waals surface area (Å²) in [5.74, 6) is -0.748. The van der Waals surface area contributed by atoms with Gasteiger partial charge in [-0.3, -0.25) is 9.78 Å². The number of hydrogen-bond acceptors (Lipinski definition) is 3. The summed E-state index contributed by atoms with van der Waals surface area (Å²) in [6, 6.07) is 15.9.